The highest BCUT2D eigenvalue weighted by molar-refractivity contribution is 7.80. The van der Waals surface area contributed by atoms with Crippen LogP contribution in [-0.4, -0.2) is 62.7 Å². The van der Waals surface area contributed by atoms with Crippen LogP contribution in [0.2, 0.25) is 0 Å². The van der Waals surface area contributed by atoms with Crippen LogP contribution in [0.5, 0.6) is 5.88 Å². The van der Waals surface area contributed by atoms with Gasteiger partial charge in [-0.3, -0.25) is 9.88 Å². The molecule has 1 aliphatic rings. The molecule has 0 spiro atoms. The predicted octanol–water partition coefficient (Wildman–Crippen LogP) is 3.19. The van der Waals surface area contributed by atoms with Gasteiger partial charge in [0.05, 0.1) is 17.6 Å². The topological polar surface area (TPSA) is 82.6 Å². The van der Waals surface area contributed by atoms with Crippen molar-refractivity contribution in [2.75, 3.05) is 31.5 Å². The quantitative estimate of drug-likeness (QED) is 0.699. The molecule has 3 rings (SSSR count). The van der Waals surface area contributed by atoms with Gasteiger partial charge >= 0.3 is 6.09 Å². The maximum atomic E-state index is 12.5. The molecule has 1 amide bonds. The van der Waals surface area contributed by atoms with Crippen molar-refractivity contribution in [1.29, 1.82) is 0 Å². The minimum Gasteiger partial charge on any atom is -0.391 e. The Morgan fingerprint density at radius 2 is 1.90 bits per heavy atom. The van der Waals surface area contributed by atoms with Crippen LogP contribution >= 0.6 is 12.2 Å². The maximum absolute atomic E-state index is 12.5. The van der Waals surface area contributed by atoms with Crippen molar-refractivity contribution in [3.63, 3.8) is 0 Å². The molecule has 0 unspecified atom stereocenters. The highest BCUT2D eigenvalue weighted by Gasteiger charge is 2.23. The van der Waals surface area contributed by atoms with Gasteiger partial charge < -0.3 is 20.3 Å². The molecule has 3 heterocycles. The zero-order valence-corrected chi connectivity index (χ0v) is 19.3. The summed E-state index contributed by atoms with van der Waals surface area (Å²) in [4.78, 5) is 25.2. The lowest BCUT2D eigenvalue weighted by atomic mass is 10.1. The van der Waals surface area contributed by atoms with Crippen LogP contribution < -0.4 is 15.4 Å². The molecule has 0 bridgehead atoms. The second-order valence-corrected chi connectivity index (χ2v) is 9.02. The van der Waals surface area contributed by atoms with E-state index in [2.05, 4.69) is 25.5 Å². The number of aryl methyl sites for hydroxylation is 1. The molecule has 8 nitrogen and oxygen atoms in total. The predicted molar refractivity (Wildman–Crippen MR) is 125 cm³/mol. The number of thiocarbonyl (C=S) groups is 1. The molecule has 0 radical (unpaired) electrons. The number of aromatic nitrogens is 2. The summed E-state index contributed by atoms with van der Waals surface area (Å²) in [6.07, 6.45) is 1.21. The van der Waals surface area contributed by atoms with Crippen LogP contribution in [0.15, 0.2) is 36.5 Å². The highest BCUT2D eigenvalue weighted by Crippen LogP contribution is 2.14. The number of anilines is 1. The van der Waals surface area contributed by atoms with Crippen molar-refractivity contribution in [3.05, 3.63) is 47.9 Å². The van der Waals surface area contributed by atoms with E-state index >= 15 is 0 Å². The summed E-state index contributed by atoms with van der Waals surface area (Å²) in [6, 6.07) is 9.47. The first-order valence-electron chi connectivity index (χ1n) is 10.3. The van der Waals surface area contributed by atoms with Crippen molar-refractivity contribution < 1.29 is 9.53 Å². The SMILES string of the molecule is Cc1cccc(CN2CCN(C(=O)Oc3ccc(NC(=S)NC(C)(C)C)cn3)CC2)n1. The van der Waals surface area contributed by atoms with Crippen LogP contribution in [0, 0.1) is 6.92 Å². The Labute approximate surface area is 189 Å². The van der Waals surface area contributed by atoms with Gasteiger partial charge in [-0.15, -0.1) is 0 Å². The normalized spacial score (nSPS) is 14.8. The minimum atomic E-state index is -0.383. The van der Waals surface area contributed by atoms with Gasteiger partial charge in [0.25, 0.3) is 0 Å². The molecule has 1 aliphatic heterocycles. The fourth-order valence-corrected chi connectivity index (χ4v) is 3.60. The second kappa shape index (κ2) is 10.0. The second-order valence-electron chi connectivity index (χ2n) is 8.62. The molecule has 0 aromatic carbocycles. The molecule has 166 valence electrons. The van der Waals surface area contributed by atoms with E-state index in [0.29, 0.717) is 18.2 Å². The van der Waals surface area contributed by atoms with Gasteiger partial charge in [-0.25, -0.2) is 9.78 Å². The van der Waals surface area contributed by atoms with E-state index in [9.17, 15) is 4.79 Å². The summed E-state index contributed by atoms with van der Waals surface area (Å²) < 4.78 is 5.43. The van der Waals surface area contributed by atoms with E-state index in [1.807, 2.05) is 45.9 Å². The average molecular weight is 443 g/mol. The number of ether oxygens (including phenoxy) is 1. The Kier molecular flexibility index (Phi) is 7.40. The zero-order chi connectivity index (χ0) is 22.4. The van der Waals surface area contributed by atoms with E-state index < -0.39 is 0 Å². The highest BCUT2D eigenvalue weighted by atomic mass is 32.1. The summed E-state index contributed by atoms with van der Waals surface area (Å²) in [5.41, 5.74) is 2.65. The molecule has 1 saturated heterocycles. The third kappa shape index (κ3) is 7.45. The van der Waals surface area contributed by atoms with E-state index in [-0.39, 0.29) is 17.5 Å². The van der Waals surface area contributed by atoms with Gasteiger partial charge in [0.1, 0.15) is 0 Å². The summed E-state index contributed by atoms with van der Waals surface area (Å²) in [5, 5.41) is 6.75. The van der Waals surface area contributed by atoms with Crippen molar-refractivity contribution >= 4 is 29.1 Å². The number of hydrogen-bond acceptors (Lipinski definition) is 6. The Morgan fingerprint density at radius 3 is 2.52 bits per heavy atom. The third-order valence-corrected chi connectivity index (χ3v) is 4.84. The van der Waals surface area contributed by atoms with Crippen molar-refractivity contribution in [2.45, 2.75) is 39.8 Å². The fraction of sp³-hybridized carbons (Fsp3) is 0.455. The lowest BCUT2D eigenvalue weighted by molar-refractivity contribution is 0.106. The van der Waals surface area contributed by atoms with Crippen molar-refractivity contribution in [2.24, 2.45) is 0 Å². The summed E-state index contributed by atoms with van der Waals surface area (Å²) in [6.45, 7) is 11.6. The first kappa shape index (κ1) is 22.9. The first-order chi connectivity index (χ1) is 14.7. The Balaban J connectivity index is 1.45. The number of nitrogens with zero attached hydrogens (tertiary/aromatic N) is 4. The lowest BCUT2D eigenvalue weighted by Gasteiger charge is -2.33. The Morgan fingerprint density at radius 1 is 1.16 bits per heavy atom. The number of carbonyl (C=O) groups is 1. The molecule has 0 saturated carbocycles. The number of piperazine rings is 1. The van der Waals surface area contributed by atoms with E-state index in [4.69, 9.17) is 17.0 Å². The van der Waals surface area contributed by atoms with Crippen molar-refractivity contribution in [3.8, 4) is 5.88 Å². The smallest absolute Gasteiger partial charge is 0.391 e. The number of hydrogen-bond donors (Lipinski definition) is 2. The molecule has 0 atom stereocenters. The molecule has 9 heteroatoms. The van der Waals surface area contributed by atoms with Crippen LogP contribution in [-0.2, 0) is 6.54 Å². The molecule has 2 aromatic heterocycles. The number of nitrogens with one attached hydrogen (secondary N) is 2. The molecule has 31 heavy (non-hydrogen) atoms. The van der Waals surface area contributed by atoms with Crippen LogP contribution in [0.1, 0.15) is 32.2 Å². The molecule has 2 N–H and O–H groups in total. The standard InChI is InChI=1S/C22H30N6O2S/c1-16-6-5-7-18(24-16)15-27-10-12-28(13-11-27)21(29)30-19-9-8-17(14-23-19)25-20(31)26-22(2,3)4/h5-9,14H,10-13,15H2,1-4H3,(H2,25,26,31). The molecule has 2 aromatic rings. The van der Waals surface area contributed by atoms with Gasteiger partial charge in [0, 0.05) is 50.0 Å². The number of carbonyl (C=O) groups excluding carboxylic acids is 1. The van der Waals surface area contributed by atoms with Crippen LogP contribution in [0.3, 0.4) is 0 Å². The minimum absolute atomic E-state index is 0.131. The largest absolute Gasteiger partial charge is 0.416 e. The monoisotopic (exact) mass is 442 g/mol. The van der Waals surface area contributed by atoms with Crippen LogP contribution in [0.25, 0.3) is 0 Å². The van der Waals surface area contributed by atoms with Gasteiger partial charge in [-0.1, -0.05) is 6.07 Å². The Bertz CT molecular complexity index is 905. The van der Waals surface area contributed by atoms with Crippen LogP contribution in [0.4, 0.5) is 10.5 Å². The molecule has 1 fully saturated rings. The van der Waals surface area contributed by atoms with Gasteiger partial charge in [0.2, 0.25) is 5.88 Å². The first-order valence-corrected chi connectivity index (χ1v) is 10.8. The lowest BCUT2D eigenvalue weighted by Crippen LogP contribution is -2.49. The van der Waals surface area contributed by atoms with Gasteiger partial charge in [-0.05, 0) is 58.1 Å². The number of pyridine rings is 2. The zero-order valence-electron chi connectivity index (χ0n) is 18.5. The van der Waals surface area contributed by atoms with E-state index in [0.717, 1.165) is 36.7 Å². The molecule has 0 aliphatic carbocycles. The molecular weight excluding hydrogens is 412 g/mol. The summed E-state index contributed by atoms with van der Waals surface area (Å²) >= 11 is 5.28. The van der Waals surface area contributed by atoms with Gasteiger partial charge in [0.15, 0.2) is 5.11 Å². The van der Waals surface area contributed by atoms with Gasteiger partial charge in [-0.2, -0.15) is 0 Å². The summed E-state index contributed by atoms with van der Waals surface area (Å²) in [5.74, 6) is 0.261. The van der Waals surface area contributed by atoms with E-state index in [1.54, 1.807) is 23.2 Å². The maximum Gasteiger partial charge on any atom is 0.416 e. The van der Waals surface area contributed by atoms with Crippen molar-refractivity contribution in [1.82, 2.24) is 25.1 Å². The number of rotatable bonds is 4. The molecular formula is C22H30N6O2S. The van der Waals surface area contributed by atoms with E-state index in [1.165, 1.54) is 0 Å². The average Bonchev–Trinajstić information content (AvgIpc) is 2.68. The Hall–Kier alpha value is -2.78. The fourth-order valence-electron chi connectivity index (χ4n) is 3.18. The number of amides is 1. The summed E-state index contributed by atoms with van der Waals surface area (Å²) in [7, 11) is 0. The third-order valence-electron chi connectivity index (χ3n) is 4.64.